The fourth-order valence-electron chi connectivity index (χ4n) is 4.42. The number of fused-ring (bicyclic) bond motifs is 1. The molecule has 5 nitrogen and oxygen atoms in total. The molecule has 0 spiro atoms. The number of rotatable bonds is 4. The normalized spacial score (nSPS) is 14.7. The number of alkyl halides is 3. The Balaban J connectivity index is 1.35. The zero-order valence-corrected chi connectivity index (χ0v) is 18.4. The van der Waals surface area contributed by atoms with Crippen LogP contribution in [0.4, 0.5) is 27.6 Å². The van der Waals surface area contributed by atoms with Crippen LogP contribution in [-0.2, 0) is 12.7 Å². The van der Waals surface area contributed by atoms with Crippen molar-refractivity contribution in [3.63, 3.8) is 0 Å². The number of halogens is 5. The first kappa shape index (κ1) is 22.9. The van der Waals surface area contributed by atoms with E-state index in [1.165, 1.54) is 24.5 Å². The van der Waals surface area contributed by atoms with Gasteiger partial charge in [0.25, 0.3) is 5.91 Å². The van der Waals surface area contributed by atoms with Crippen LogP contribution >= 0.6 is 0 Å². The van der Waals surface area contributed by atoms with Crippen molar-refractivity contribution >= 4 is 22.7 Å². The molecule has 0 N–H and O–H groups in total. The highest BCUT2D eigenvalue weighted by Crippen LogP contribution is 2.32. The standard InChI is InChI=1S/C25H20F5N3O2/c26-18-10-16(11-19(27)13-18)15-33-21-4-9-35-23(21)14-22(33)24(34)32-7-5-31(6-8-32)20-3-1-2-17(12-20)25(28,29)30/h1-4,9-14H,5-8,15H2. The van der Waals surface area contributed by atoms with E-state index in [9.17, 15) is 26.7 Å². The lowest BCUT2D eigenvalue weighted by Gasteiger charge is -2.36. The van der Waals surface area contributed by atoms with Crippen LogP contribution in [0.3, 0.4) is 0 Å². The highest BCUT2D eigenvalue weighted by atomic mass is 19.4. The molecule has 35 heavy (non-hydrogen) atoms. The molecular formula is C25H20F5N3O2. The van der Waals surface area contributed by atoms with Crippen molar-refractivity contribution in [2.45, 2.75) is 12.7 Å². The SMILES string of the molecule is O=C(c1cc2occc2n1Cc1cc(F)cc(F)c1)N1CCN(c2cccc(C(F)(F)F)c2)CC1. The summed E-state index contributed by atoms with van der Waals surface area (Å²) in [5.41, 5.74) is 1.46. The summed E-state index contributed by atoms with van der Waals surface area (Å²) in [4.78, 5) is 16.8. The molecule has 2 aromatic carbocycles. The number of anilines is 1. The van der Waals surface area contributed by atoms with Gasteiger partial charge in [0.2, 0.25) is 0 Å². The van der Waals surface area contributed by atoms with E-state index >= 15 is 0 Å². The molecule has 3 heterocycles. The number of carbonyl (C=O) groups excluding carboxylic acids is 1. The summed E-state index contributed by atoms with van der Waals surface area (Å²) in [5.74, 6) is -1.72. The lowest BCUT2D eigenvalue weighted by molar-refractivity contribution is -0.137. The Bertz CT molecular complexity index is 1360. The maximum atomic E-state index is 13.7. The van der Waals surface area contributed by atoms with Gasteiger partial charge in [-0.05, 0) is 35.9 Å². The molecule has 10 heteroatoms. The Morgan fingerprint density at radius 3 is 2.31 bits per heavy atom. The molecule has 0 unspecified atom stereocenters. The summed E-state index contributed by atoms with van der Waals surface area (Å²) in [6, 6.07) is 11.6. The molecule has 0 bridgehead atoms. The van der Waals surface area contributed by atoms with Gasteiger partial charge >= 0.3 is 6.18 Å². The molecule has 1 fully saturated rings. The van der Waals surface area contributed by atoms with Crippen LogP contribution in [0.1, 0.15) is 21.6 Å². The van der Waals surface area contributed by atoms with E-state index in [1.54, 1.807) is 32.6 Å². The molecule has 1 aliphatic rings. The summed E-state index contributed by atoms with van der Waals surface area (Å²) in [5, 5.41) is 0. The number of furan rings is 1. The van der Waals surface area contributed by atoms with Gasteiger partial charge in [0.05, 0.1) is 17.3 Å². The number of aromatic nitrogens is 1. The predicted octanol–water partition coefficient (Wildman–Crippen LogP) is 5.54. The monoisotopic (exact) mass is 489 g/mol. The van der Waals surface area contributed by atoms with Crippen molar-refractivity contribution in [3.05, 3.63) is 89.3 Å². The first-order valence-corrected chi connectivity index (χ1v) is 10.9. The summed E-state index contributed by atoms with van der Waals surface area (Å²) >= 11 is 0. The minimum Gasteiger partial charge on any atom is -0.463 e. The maximum absolute atomic E-state index is 13.7. The molecular weight excluding hydrogens is 469 g/mol. The molecule has 5 rings (SSSR count). The van der Waals surface area contributed by atoms with E-state index in [4.69, 9.17) is 4.42 Å². The van der Waals surface area contributed by atoms with Gasteiger partial charge in [-0.1, -0.05) is 6.07 Å². The number of carbonyl (C=O) groups is 1. The van der Waals surface area contributed by atoms with Crippen molar-refractivity contribution in [2.75, 3.05) is 31.1 Å². The molecule has 0 atom stereocenters. The number of piperazine rings is 1. The Labute approximate surface area is 196 Å². The Morgan fingerprint density at radius 1 is 0.914 bits per heavy atom. The van der Waals surface area contributed by atoms with E-state index in [2.05, 4.69) is 0 Å². The third kappa shape index (κ3) is 4.60. The molecule has 0 radical (unpaired) electrons. The van der Waals surface area contributed by atoms with Gasteiger partial charge in [-0.2, -0.15) is 13.2 Å². The highest BCUT2D eigenvalue weighted by molar-refractivity contribution is 5.97. The van der Waals surface area contributed by atoms with Crippen molar-refractivity contribution in [1.82, 2.24) is 9.47 Å². The van der Waals surface area contributed by atoms with E-state index in [1.807, 2.05) is 0 Å². The molecule has 0 aliphatic carbocycles. The summed E-state index contributed by atoms with van der Waals surface area (Å²) in [7, 11) is 0. The van der Waals surface area contributed by atoms with Gasteiger partial charge in [0.1, 0.15) is 17.3 Å². The highest BCUT2D eigenvalue weighted by Gasteiger charge is 2.32. The Kier molecular flexibility index (Phi) is 5.74. The quantitative estimate of drug-likeness (QED) is 0.354. The first-order valence-electron chi connectivity index (χ1n) is 10.9. The zero-order chi connectivity index (χ0) is 24.7. The minimum absolute atomic E-state index is 0.0585. The number of nitrogens with zero attached hydrogens (tertiary/aromatic N) is 3. The molecule has 1 aliphatic heterocycles. The number of amides is 1. The number of hydrogen-bond donors (Lipinski definition) is 0. The Morgan fingerprint density at radius 2 is 1.63 bits per heavy atom. The van der Waals surface area contributed by atoms with Crippen LogP contribution in [0.5, 0.6) is 0 Å². The third-order valence-electron chi connectivity index (χ3n) is 6.11. The molecule has 2 aromatic heterocycles. The van der Waals surface area contributed by atoms with E-state index in [0.29, 0.717) is 54.2 Å². The third-order valence-corrected chi connectivity index (χ3v) is 6.11. The van der Waals surface area contributed by atoms with Crippen LogP contribution in [0, 0.1) is 11.6 Å². The second kappa shape index (κ2) is 8.75. The number of hydrogen-bond acceptors (Lipinski definition) is 3. The van der Waals surface area contributed by atoms with E-state index in [-0.39, 0.29) is 12.5 Å². The van der Waals surface area contributed by atoms with E-state index in [0.717, 1.165) is 18.2 Å². The van der Waals surface area contributed by atoms with Gasteiger partial charge in [-0.25, -0.2) is 8.78 Å². The number of benzene rings is 2. The van der Waals surface area contributed by atoms with Gasteiger partial charge in [-0.3, -0.25) is 4.79 Å². The minimum atomic E-state index is -4.43. The second-order valence-corrected chi connectivity index (χ2v) is 8.39. The fourth-order valence-corrected chi connectivity index (χ4v) is 4.42. The molecule has 1 amide bonds. The molecule has 4 aromatic rings. The topological polar surface area (TPSA) is 41.6 Å². The lowest BCUT2D eigenvalue weighted by atomic mass is 10.1. The Hall–Kier alpha value is -3.82. The fraction of sp³-hybridized carbons (Fsp3) is 0.240. The summed E-state index contributed by atoms with van der Waals surface area (Å²) < 4.78 is 73.7. The smallest absolute Gasteiger partial charge is 0.416 e. The van der Waals surface area contributed by atoms with Crippen molar-refractivity contribution in [2.24, 2.45) is 0 Å². The van der Waals surface area contributed by atoms with Crippen molar-refractivity contribution < 1.29 is 31.2 Å². The van der Waals surface area contributed by atoms with Crippen LogP contribution < -0.4 is 4.90 Å². The van der Waals surface area contributed by atoms with E-state index < -0.39 is 23.4 Å². The van der Waals surface area contributed by atoms with Crippen molar-refractivity contribution in [1.29, 1.82) is 0 Å². The van der Waals surface area contributed by atoms with Crippen LogP contribution in [-0.4, -0.2) is 41.6 Å². The summed E-state index contributed by atoms with van der Waals surface area (Å²) in [6.07, 6.45) is -2.96. The average molecular weight is 489 g/mol. The van der Waals surface area contributed by atoms with Gasteiger partial charge in [0.15, 0.2) is 5.58 Å². The first-order chi connectivity index (χ1) is 16.7. The van der Waals surface area contributed by atoms with Crippen LogP contribution in [0.25, 0.3) is 11.1 Å². The molecule has 0 saturated carbocycles. The van der Waals surface area contributed by atoms with Crippen LogP contribution in [0.15, 0.2) is 65.3 Å². The zero-order valence-electron chi connectivity index (χ0n) is 18.4. The average Bonchev–Trinajstić information content (AvgIpc) is 3.40. The molecule has 182 valence electrons. The molecule has 1 saturated heterocycles. The van der Waals surface area contributed by atoms with Crippen LogP contribution in [0.2, 0.25) is 0 Å². The lowest BCUT2D eigenvalue weighted by Crippen LogP contribution is -2.49. The van der Waals surface area contributed by atoms with Gasteiger partial charge in [0, 0.05) is 56.6 Å². The summed E-state index contributed by atoms with van der Waals surface area (Å²) in [6.45, 7) is 1.38. The van der Waals surface area contributed by atoms with Gasteiger partial charge in [-0.15, -0.1) is 0 Å². The van der Waals surface area contributed by atoms with Gasteiger partial charge < -0.3 is 18.8 Å². The predicted molar refractivity (Wildman–Crippen MR) is 119 cm³/mol. The maximum Gasteiger partial charge on any atom is 0.416 e. The second-order valence-electron chi connectivity index (χ2n) is 8.39. The van der Waals surface area contributed by atoms with Crippen molar-refractivity contribution in [3.8, 4) is 0 Å². The largest absolute Gasteiger partial charge is 0.463 e.